The van der Waals surface area contributed by atoms with Gasteiger partial charge >= 0.3 is 0 Å². The molecule has 4 nitrogen and oxygen atoms in total. The fraction of sp³-hybridized carbons (Fsp3) is 0.538. The molecule has 1 aromatic heterocycles. The van der Waals surface area contributed by atoms with Crippen molar-refractivity contribution in [2.24, 2.45) is 0 Å². The summed E-state index contributed by atoms with van der Waals surface area (Å²) in [7, 11) is -1.13. The van der Waals surface area contributed by atoms with Crippen LogP contribution >= 0.6 is 0 Å². The van der Waals surface area contributed by atoms with Crippen molar-refractivity contribution in [3.05, 3.63) is 17.8 Å². The minimum absolute atomic E-state index is 0.417. The van der Waals surface area contributed by atoms with Crippen LogP contribution in [0.4, 0.5) is 5.82 Å². The van der Waals surface area contributed by atoms with Crippen molar-refractivity contribution in [1.82, 2.24) is 9.97 Å². The van der Waals surface area contributed by atoms with Gasteiger partial charge in [0.05, 0.1) is 10.8 Å². The van der Waals surface area contributed by atoms with E-state index in [1.165, 1.54) is 0 Å². The average molecular weight is 265 g/mol. The van der Waals surface area contributed by atoms with Crippen molar-refractivity contribution in [2.45, 2.75) is 37.9 Å². The van der Waals surface area contributed by atoms with Crippen LogP contribution in [-0.2, 0) is 10.8 Å². The van der Waals surface area contributed by atoms with E-state index < -0.39 is 10.8 Å². The summed E-state index contributed by atoms with van der Waals surface area (Å²) >= 11 is 0. The average Bonchev–Trinajstić information content (AvgIpc) is 2.39. The van der Waals surface area contributed by atoms with Crippen molar-refractivity contribution >= 4 is 22.7 Å². The monoisotopic (exact) mass is 265 g/mol. The van der Waals surface area contributed by atoms with E-state index in [0.717, 1.165) is 30.8 Å². The Labute approximate surface area is 111 Å². The van der Waals surface area contributed by atoms with E-state index in [4.69, 9.17) is 0 Å². The Morgan fingerprint density at radius 2 is 2.17 bits per heavy atom. The van der Waals surface area contributed by atoms with Crippen LogP contribution in [0.3, 0.4) is 0 Å². The van der Waals surface area contributed by atoms with Crippen LogP contribution in [0.25, 0.3) is 6.08 Å². The molecule has 5 heteroatoms. The van der Waals surface area contributed by atoms with Gasteiger partial charge in [0.15, 0.2) is 0 Å². The van der Waals surface area contributed by atoms with Gasteiger partial charge in [-0.15, -0.1) is 0 Å². The fourth-order valence-corrected chi connectivity index (χ4v) is 2.70. The molecule has 0 N–H and O–H groups in total. The molecular weight excluding hydrogens is 246 g/mol. The molecule has 1 aromatic rings. The molecule has 0 saturated carbocycles. The highest BCUT2D eigenvalue weighted by molar-refractivity contribution is 7.84. The molecule has 1 aliphatic heterocycles. The van der Waals surface area contributed by atoms with Gasteiger partial charge in [-0.2, -0.15) is 0 Å². The Balaban J connectivity index is 2.43. The minimum Gasteiger partial charge on any atom is -0.349 e. The molecule has 0 radical (unpaired) electrons. The van der Waals surface area contributed by atoms with Gasteiger partial charge in [-0.3, -0.25) is 4.21 Å². The second-order valence-electron chi connectivity index (χ2n) is 4.41. The second-order valence-corrected chi connectivity index (χ2v) is 5.68. The molecule has 2 rings (SSSR count). The molecule has 0 spiro atoms. The minimum atomic E-state index is -1.13. The summed E-state index contributed by atoms with van der Waals surface area (Å²) < 4.78 is 11.5. The molecule has 0 aromatic carbocycles. The summed E-state index contributed by atoms with van der Waals surface area (Å²) in [4.78, 5) is 10.9. The highest BCUT2D eigenvalue weighted by atomic mass is 32.2. The lowest BCUT2D eigenvalue weighted by Crippen LogP contribution is -2.37. The van der Waals surface area contributed by atoms with Gasteiger partial charge in [0, 0.05) is 30.6 Å². The van der Waals surface area contributed by atoms with E-state index in [9.17, 15) is 4.21 Å². The molecule has 1 aliphatic rings. The molecule has 0 bridgehead atoms. The first-order chi connectivity index (χ1) is 8.67. The van der Waals surface area contributed by atoms with Crippen LogP contribution in [0.5, 0.6) is 0 Å². The molecular formula is C13H19N3OS. The maximum atomic E-state index is 11.5. The van der Waals surface area contributed by atoms with Gasteiger partial charge in [0.2, 0.25) is 5.16 Å². The molecule has 0 amide bonds. The standard InChI is InChI=1S/C13H19N3OS/c1-4-11(5-2)16-8-6-7-10-9-14-13(18(3)17)15-12(10)16/h6-7,9,11H,4-5,8H2,1-3H3. The normalized spacial score (nSPS) is 15.9. The summed E-state index contributed by atoms with van der Waals surface area (Å²) in [6.45, 7) is 5.24. The third kappa shape index (κ3) is 2.46. The number of rotatable bonds is 4. The van der Waals surface area contributed by atoms with E-state index in [-0.39, 0.29) is 0 Å². The van der Waals surface area contributed by atoms with Gasteiger partial charge in [0.1, 0.15) is 5.82 Å². The zero-order chi connectivity index (χ0) is 13.1. The van der Waals surface area contributed by atoms with Crippen LogP contribution in [0.15, 0.2) is 17.4 Å². The number of aromatic nitrogens is 2. The molecule has 0 saturated heterocycles. The Kier molecular flexibility index (Phi) is 4.11. The predicted octanol–water partition coefficient (Wildman–Crippen LogP) is 2.24. The largest absolute Gasteiger partial charge is 0.349 e. The van der Waals surface area contributed by atoms with Gasteiger partial charge in [-0.25, -0.2) is 9.97 Å². The number of fused-ring (bicyclic) bond motifs is 1. The van der Waals surface area contributed by atoms with E-state index in [1.807, 2.05) is 6.08 Å². The van der Waals surface area contributed by atoms with Gasteiger partial charge in [-0.1, -0.05) is 26.0 Å². The molecule has 18 heavy (non-hydrogen) atoms. The molecule has 2 heterocycles. The number of hydrogen-bond acceptors (Lipinski definition) is 4. The highest BCUT2D eigenvalue weighted by Gasteiger charge is 2.22. The fourth-order valence-electron chi connectivity index (χ4n) is 2.28. The third-order valence-electron chi connectivity index (χ3n) is 3.29. The first kappa shape index (κ1) is 13.2. The molecule has 0 aliphatic carbocycles. The Morgan fingerprint density at radius 3 is 2.78 bits per heavy atom. The van der Waals surface area contributed by atoms with E-state index in [0.29, 0.717) is 11.2 Å². The second kappa shape index (κ2) is 5.61. The maximum absolute atomic E-state index is 11.5. The van der Waals surface area contributed by atoms with Crippen LogP contribution in [-0.4, -0.2) is 33.0 Å². The summed E-state index contributed by atoms with van der Waals surface area (Å²) in [5, 5.41) is 0.417. The van der Waals surface area contributed by atoms with E-state index in [1.54, 1.807) is 12.5 Å². The predicted molar refractivity (Wildman–Crippen MR) is 75.1 cm³/mol. The lowest BCUT2D eigenvalue weighted by atomic mass is 10.1. The maximum Gasteiger partial charge on any atom is 0.220 e. The topological polar surface area (TPSA) is 46.1 Å². The van der Waals surface area contributed by atoms with Crippen LogP contribution in [0.1, 0.15) is 32.3 Å². The van der Waals surface area contributed by atoms with Crippen LogP contribution in [0, 0.1) is 0 Å². The van der Waals surface area contributed by atoms with Crippen molar-refractivity contribution in [2.75, 3.05) is 17.7 Å². The van der Waals surface area contributed by atoms with Crippen molar-refractivity contribution < 1.29 is 4.21 Å². The third-order valence-corrected chi connectivity index (χ3v) is 4.00. The zero-order valence-electron chi connectivity index (χ0n) is 11.1. The van der Waals surface area contributed by atoms with Gasteiger partial charge in [0.25, 0.3) is 0 Å². The van der Waals surface area contributed by atoms with Crippen LogP contribution in [0.2, 0.25) is 0 Å². The first-order valence-corrected chi connectivity index (χ1v) is 7.86. The Morgan fingerprint density at radius 1 is 1.44 bits per heavy atom. The lowest BCUT2D eigenvalue weighted by molar-refractivity contribution is 0.565. The number of nitrogens with zero attached hydrogens (tertiary/aromatic N) is 3. The van der Waals surface area contributed by atoms with Gasteiger partial charge in [-0.05, 0) is 12.8 Å². The highest BCUT2D eigenvalue weighted by Crippen LogP contribution is 2.27. The van der Waals surface area contributed by atoms with Gasteiger partial charge < -0.3 is 4.90 Å². The Hall–Kier alpha value is -1.23. The molecule has 98 valence electrons. The van der Waals surface area contributed by atoms with E-state index in [2.05, 4.69) is 34.8 Å². The van der Waals surface area contributed by atoms with Crippen molar-refractivity contribution in [3.8, 4) is 0 Å². The van der Waals surface area contributed by atoms with Crippen molar-refractivity contribution in [1.29, 1.82) is 0 Å². The molecule has 0 fully saturated rings. The lowest BCUT2D eigenvalue weighted by Gasteiger charge is -2.33. The number of hydrogen-bond donors (Lipinski definition) is 0. The SMILES string of the molecule is CCC(CC)N1CC=Cc2cnc(S(C)=O)nc21. The summed E-state index contributed by atoms with van der Waals surface area (Å²) in [6, 6.07) is 0.474. The summed E-state index contributed by atoms with van der Waals surface area (Å²) in [5.74, 6) is 0.923. The smallest absolute Gasteiger partial charge is 0.220 e. The summed E-state index contributed by atoms with van der Waals surface area (Å²) in [5.41, 5.74) is 1.02. The van der Waals surface area contributed by atoms with Crippen LogP contribution < -0.4 is 4.90 Å². The summed E-state index contributed by atoms with van der Waals surface area (Å²) in [6.07, 6.45) is 9.71. The first-order valence-electron chi connectivity index (χ1n) is 6.31. The van der Waals surface area contributed by atoms with Crippen molar-refractivity contribution in [3.63, 3.8) is 0 Å². The van der Waals surface area contributed by atoms with E-state index >= 15 is 0 Å². The quantitative estimate of drug-likeness (QED) is 0.783. The molecule has 1 unspecified atom stereocenters. The zero-order valence-corrected chi connectivity index (χ0v) is 11.9. The number of anilines is 1. The Bertz CT molecular complexity index is 483. The molecule has 1 atom stereocenters.